The summed E-state index contributed by atoms with van der Waals surface area (Å²) in [6.45, 7) is 2.15. The third-order valence-corrected chi connectivity index (χ3v) is 4.86. The summed E-state index contributed by atoms with van der Waals surface area (Å²) in [6, 6.07) is 18.8. The second kappa shape index (κ2) is 7.93. The summed E-state index contributed by atoms with van der Waals surface area (Å²) in [6.07, 6.45) is 1.82. The van der Waals surface area contributed by atoms with Crippen molar-refractivity contribution < 1.29 is 9.32 Å². The van der Waals surface area contributed by atoms with Crippen LogP contribution in [0.3, 0.4) is 0 Å². The van der Waals surface area contributed by atoms with E-state index in [9.17, 15) is 4.79 Å². The fraction of sp³-hybridized carbons (Fsp3) is 0.136. The van der Waals surface area contributed by atoms with Gasteiger partial charge in [0, 0.05) is 29.5 Å². The van der Waals surface area contributed by atoms with Crippen LogP contribution in [0.15, 0.2) is 71.4 Å². The molecule has 0 saturated carbocycles. The number of carbonyl (C=O) groups excluding carboxylic acids is 1. The first-order chi connectivity index (χ1) is 14.0. The fourth-order valence-corrected chi connectivity index (χ4v) is 3.24. The Labute approximate surface area is 173 Å². The number of benzene rings is 2. The normalized spacial score (nSPS) is 10.9. The van der Waals surface area contributed by atoms with Crippen molar-refractivity contribution in [1.29, 1.82) is 0 Å². The minimum absolute atomic E-state index is 0.0531. The van der Waals surface area contributed by atoms with Gasteiger partial charge >= 0.3 is 0 Å². The first-order valence-corrected chi connectivity index (χ1v) is 9.47. The molecule has 0 fully saturated rings. The molecule has 0 radical (unpaired) electrons. The van der Waals surface area contributed by atoms with E-state index < -0.39 is 0 Å². The maximum absolute atomic E-state index is 12.8. The molecule has 2 aromatic heterocycles. The van der Waals surface area contributed by atoms with Crippen LogP contribution >= 0.6 is 11.6 Å². The maximum Gasteiger partial charge on any atom is 0.274 e. The molecular formula is C22H19ClN4O2. The molecule has 4 aromatic rings. The summed E-state index contributed by atoms with van der Waals surface area (Å²) in [7, 11) is 1.77. The van der Waals surface area contributed by atoms with Crippen molar-refractivity contribution >= 4 is 23.2 Å². The molecule has 1 amide bonds. The van der Waals surface area contributed by atoms with Crippen LogP contribution in [0.5, 0.6) is 0 Å². The molecule has 146 valence electrons. The second-order valence-corrected chi connectivity index (χ2v) is 7.18. The summed E-state index contributed by atoms with van der Waals surface area (Å²) in [5, 5.41) is 4.64. The molecular weight excluding hydrogens is 388 g/mol. The lowest BCUT2D eigenvalue weighted by Crippen LogP contribution is -2.30. The van der Waals surface area contributed by atoms with E-state index in [0.29, 0.717) is 22.4 Å². The predicted molar refractivity (Wildman–Crippen MR) is 113 cm³/mol. The van der Waals surface area contributed by atoms with Crippen LogP contribution in [-0.2, 0) is 11.3 Å². The lowest BCUT2D eigenvalue weighted by atomic mass is 10.2. The number of hydrogen-bond acceptors (Lipinski definition) is 4. The zero-order valence-electron chi connectivity index (χ0n) is 16.0. The molecule has 29 heavy (non-hydrogen) atoms. The van der Waals surface area contributed by atoms with E-state index in [1.54, 1.807) is 28.6 Å². The highest BCUT2D eigenvalue weighted by Gasteiger charge is 2.18. The number of aromatic nitrogens is 3. The van der Waals surface area contributed by atoms with Crippen molar-refractivity contribution in [2.75, 3.05) is 11.9 Å². The van der Waals surface area contributed by atoms with E-state index in [4.69, 9.17) is 16.1 Å². The highest BCUT2D eigenvalue weighted by atomic mass is 35.5. The van der Waals surface area contributed by atoms with Gasteiger partial charge in [0.15, 0.2) is 0 Å². The molecule has 7 heteroatoms. The smallest absolute Gasteiger partial charge is 0.274 e. The third-order valence-electron chi connectivity index (χ3n) is 4.63. The molecule has 0 unspecified atom stereocenters. The molecule has 0 atom stereocenters. The summed E-state index contributed by atoms with van der Waals surface area (Å²) in [4.78, 5) is 18.9. The molecule has 0 aliphatic heterocycles. The van der Waals surface area contributed by atoms with Gasteiger partial charge in [-0.15, -0.1) is 0 Å². The van der Waals surface area contributed by atoms with Crippen LogP contribution in [0, 0.1) is 6.92 Å². The van der Waals surface area contributed by atoms with Crippen LogP contribution < -0.4 is 4.90 Å². The van der Waals surface area contributed by atoms with E-state index in [0.717, 1.165) is 16.8 Å². The molecule has 4 rings (SSSR count). The minimum atomic E-state index is -0.0531. The Kier molecular flexibility index (Phi) is 5.18. The van der Waals surface area contributed by atoms with Gasteiger partial charge in [0.1, 0.15) is 12.2 Å². The van der Waals surface area contributed by atoms with E-state index >= 15 is 0 Å². The van der Waals surface area contributed by atoms with Crippen molar-refractivity contribution in [3.8, 4) is 23.0 Å². The van der Waals surface area contributed by atoms with Crippen molar-refractivity contribution in [3.05, 3.63) is 77.4 Å². The number of halogens is 1. The standard InChI is InChI=1S/C22H19ClN4O2/c1-15-6-3-9-18(12-15)26(2)20(28)14-27-11-5-10-19(27)22-24-21(25-29-22)16-7-4-8-17(23)13-16/h3-13H,14H2,1-2H3. The third kappa shape index (κ3) is 4.07. The number of aryl methyl sites for hydroxylation is 1. The lowest BCUT2D eigenvalue weighted by molar-refractivity contribution is -0.118. The zero-order valence-corrected chi connectivity index (χ0v) is 16.8. The van der Waals surface area contributed by atoms with Crippen LogP contribution in [0.4, 0.5) is 5.69 Å². The van der Waals surface area contributed by atoms with E-state index in [1.807, 2.05) is 61.7 Å². The van der Waals surface area contributed by atoms with Gasteiger partial charge in [-0.2, -0.15) is 4.98 Å². The Bertz CT molecular complexity index is 1160. The van der Waals surface area contributed by atoms with Crippen LogP contribution in [0.25, 0.3) is 23.0 Å². The molecule has 2 heterocycles. The molecule has 0 aliphatic carbocycles. The molecule has 0 N–H and O–H groups in total. The lowest BCUT2D eigenvalue weighted by Gasteiger charge is -2.18. The molecule has 0 bridgehead atoms. The predicted octanol–water partition coefficient (Wildman–Crippen LogP) is 4.83. The average molecular weight is 407 g/mol. The molecule has 0 saturated heterocycles. The number of hydrogen-bond donors (Lipinski definition) is 0. The molecule has 2 aromatic carbocycles. The molecule has 6 nitrogen and oxygen atoms in total. The van der Waals surface area contributed by atoms with Crippen LogP contribution in [0.2, 0.25) is 5.02 Å². The van der Waals surface area contributed by atoms with Gasteiger partial charge in [-0.1, -0.05) is 41.0 Å². The summed E-state index contributed by atoms with van der Waals surface area (Å²) < 4.78 is 7.23. The Morgan fingerprint density at radius 3 is 2.76 bits per heavy atom. The quantitative estimate of drug-likeness (QED) is 0.476. The van der Waals surface area contributed by atoms with Crippen LogP contribution in [-0.4, -0.2) is 27.7 Å². The van der Waals surface area contributed by atoms with Crippen molar-refractivity contribution in [1.82, 2.24) is 14.7 Å². The van der Waals surface area contributed by atoms with Gasteiger partial charge in [-0.3, -0.25) is 4.79 Å². The Hall–Kier alpha value is -3.38. The van der Waals surface area contributed by atoms with Gasteiger partial charge in [0.2, 0.25) is 11.7 Å². The first-order valence-electron chi connectivity index (χ1n) is 9.09. The highest BCUT2D eigenvalue weighted by Crippen LogP contribution is 2.25. The Morgan fingerprint density at radius 1 is 1.14 bits per heavy atom. The number of nitrogens with zero attached hydrogens (tertiary/aromatic N) is 4. The summed E-state index contributed by atoms with van der Waals surface area (Å²) in [5.41, 5.74) is 3.39. The van der Waals surface area contributed by atoms with Crippen LogP contribution in [0.1, 0.15) is 5.56 Å². The van der Waals surface area contributed by atoms with Crippen molar-refractivity contribution in [2.24, 2.45) is 0 Å². The highest BCUT2D eigenvalue weighted by molar-refractivity contribution is 6.30. The SMILES string of the molecule is Cc1cccc(N(C)C(=O)Cn2cccc2-c2nc(-c3cccc(Cl)c3)no2)c1. The first kappa shape index (κ1) is 19.0. The topological polar surface area (TPSA) is 64.2 Å². The average Bonchev–Trinajstić information content (AvgIpc) is 3.36. The van der Waals surface area contributed by atoms with Gasteiger partial charge < -0.3 is 14.0 Å². The van der Waals surface area contributed by atoms with Gasteiger partial charge in [0.05, 0.1) is 0 Å². The number of anilines is 1. The number of likely N-dealkylation sites (N-methyl/N-ethyl adjacent to an activating group) is 1. The maximum atomic E-state index is 12.8. The minimum Gasteiger partial charge on any atom is -0.334 e. The number of rotatable bonds is 5. The van der Waals surface area contributed by atoms with Gasteiger partial charge in [-0.05, 0) is 48.9 Å². The summed E-state index contributed by atoms with van der Waals surface area (Å²) in [5.74, 6) is 0.733. The Morgan fingerprint density at radius 2 is 1.97 bits per heavy atom. The van der Waals surface area contributed by atoms with E-state index in [1.165, 1.54) is 0 Å². The van der Waals surface area contributed by atoms with Gasteiger partial charge in [-0.25, -0.2) is 0 Å². The fourth-order valence-electron chi connectivity index (χ4n) is 3.05. The van der Waals surface area contributed by atoms with Crippen molar-refractivity contribution in [3.63, 3.8) is 0 Å². The Balaban J connectivity index is 1.55. The molecule has 0 aliphatic rings. The second-order valence-electron chi connectivity index (χ2n) is 6.75. The number of amides is 1. The summed E-state index contributed by atoms with van der Waals surface area (Å²) >= 11 is 6.04. The number of carbonyl (C=O) groups is 1. The zero-order chi connectivity index (χ0) is 20.4. The largest absolute Gasteiger partial charge is 0.334 e. The van der Waals surface area contributed by atoms with E-state index in [2.05, 4.69) is 10.1 Å². The monoisotopic (exact) mass is 406 g/mol. The van der Waals surface area contributed by atoms with Crippen molar-refractivity contribution in [2.45, 2.75) is 13.5 Å². The molecule has 0 spiro atoms. The van der Waals surface area contributed by atoms with E-state index in [-0.39, 0.29) is 12.5 Å². The van der Waals surface area contributed by atoms with Gasteiger partial charge in [0.25, 0.3) is 5.89 Å².